The van der Waals surface area contributed by atoms with E-state index in [0.717, 1.165) is 12.8 Å². The molecule has 0 radical (unpaired) electrons. The molecule has 214 valence electrons. The van der Waals surface area contributed by atoms with Crippen LogP contribution in [-0.2, 0) is 0 Å². The van der Waals surface area contributed by atoms with Crippen molar-refractivity contribution in [3.63, 3.8) is 0 Å². The first-order valence-electron chi connectivity index (χ1n) is 13.8. The Morgan fingerprint density at radius 1 is 0.711 bits per heavy atom. The molecule has 2 aliphatic carbocycles. The molecular formula is C30H48N2O6. The van der Waals surface area contributed by atoms with Crippen molar-refractivity contribution >= 4 is 11.9 Å². The van der Waals surface area contributed by atoms with Crippen molar-refractivity contribution < 1.29 is 30.0 Å². The number of carbonyl (C=O) groups is 2. The van der Waals surface area contributed by atoms with Gasteiger partial charge in [0.05, 0.1) is 23.3 Å². The third-order valence-corrected chi connectivity index (χ3v) is 9.40. The van der Waals surface area contributed by atoms with Crippen LogP contribution >= 0.6 is 0 Å². The minimum absolute atomic E-state index is 0.0352. The van der Waals surface area contributed by atoms with Gasteiger partial charge in [0.2, 0.25) is 0 Å². The van der Waals surface area contributed by atoms with E-state index in [1.54, 1.807) is 19.9 Å². The molecule has 0 aromatic heterocycles. The van der Waals surface area contributed by atoms with Gasteiger partial charge in [0.25, 0.3) is 0 Å². The third kappa shape index (κ3) is 6.41. The van der Waals surface area contributed by atoms with Gasteiger partial charge >= 0.3 is 11.9 Å². The second kappa shape index (κ2) is 10.5. The number of hydrogen-bond donors (Lipinski definition) is 6. The molecule has 8 nitrogen and oxygen atoms in total. The first kappa shape index (κ1) is 30.5. The van der Waals surface area contributed by atoms with E-state index < -0.39 is 11.9 Å². The highest BCUT2D eigenvalue weighted by Crippen LogP contribution is 2.45. The van der Waals surface area contributed by atoms with Gasteiger partial charge in [0.15, 0.2) is 0 Å². The van der Waals surface area contributed by atoms with Crippen LogP contribution in [0.15, 0.2) is 12.1 Å². The summed E-state index contributed by atoms with van der Waals surface area (Å²) in [6.45, 7) is 16.6. The molecule has 1 aromatic rings. The third-order valence-electron chi connectivity index (χ3n) is 9.40. The average Bonchev–Trinajstić information content (AvgIpc) is 2.70. The molecule has 4 bridgehead atoms. The van der Waals surface area contributed by atoms with Gasteiger partial charge in [-0.1, -0.05) is 6.07 Å². The smallest absolute Gasteiger partial charge is 0.335 e. The maximum absolute atomic E-state index is 10.7. The number of aryl methyl sites for hydroxylation is 2. The summed E-state index contributed by atoms with van der Waals surface area (Å²) >= 11 is 0. The predicted octanol–water partition coefficient (Wildman–Crippen LogP) is 4.28. The molecule has 6 fully saturated rings. The van der Waals surface area contributed by atoms with Crippen molar-refractivity contribution in [3.8, 4) is 0 Å². The van der Waals surface area contributed by atoms with Gasteiger partial charge in [-0.2, -0.15) is 0 Å². The Morgan fingerprint density at radius 3 is 1.29 bits per heavy atom. The van der Waals surface area contributed by atoms with Gasteiger partial charge in [-0.05, 0) is 111 Å². The quantitative estimate of drug-likeness (QED) is 0.332. The van der Waals surface area contributed by atoms with Gasteiger partial charge in [-0.15, -0.1) is 0 Å². The van der Waals surface area contributed by atoms with E-state index in [0.29, 0.717) is 23.0 Å². The fourth-order valence-corrected chi connectivity index (χ4v) is 7.71. The Labute approximate surface area is 227 Å². The minimum atomic E-state index is -1.11. The second-order valence-corrected chi connectivity index (χ2v) is 13.7. The lowest BCUT2D eigenvalue weighted by Gasteiger charge is -2.57. The molecule has 1 aromatic carbocycles. The van der Waals surface area contributed by atoms with Crippen LogP contribution in [0.1, 0.15) is 112 Å². The number of aromatic carboxylic acids is 2. The number of rotatable bonds is 2. The highest BCUT2D eigenvalue weighted by molar-refractivity contribution is 5.95. The SMILES string of the molecule is CC12CCC(C(O)C1)C(C)(C)N2.CC12CCC(C(O)C1)C(C)(C)N2.Cc1cc(C)c(C(=O)O)cc1C(=O)O. The van der Waals surface area contributed by atoms with Crippen LogP contribution in [0.4, 0.5) is 0 Å². The Hall–Kier alpha value is -2.00. The molecule has 6 unspecified atom stereocenters. The summed E-state index contributed by atoms with van der Waals surface area (Å²) in [5.41, 5.74) is 1.85. The molecule has 38 heavy (non-hydrogen) atoms. The van der Waals surface area contributed by atoms with Gasteiger partial charge < -0.3 is 31.1 Å². The minimum Gasteiger partial charge on any atom is -0.478 e. The monoisotopic (exact) mass is 532 g/mol. The van der Waals surface area contributed by atoms with E-state index >= 15 is 0 Å². The Morgan fingerprint density at radius 2 is 1.05 bits per heavy atom. The lowest BCUT2D eigenvalue weighted by molar-refractivity contribution is -0.0718. The van der Waals surface area contributed by atoms with Crippen LogP contribution in [0.25, 0.3) is 0 Å². The van der Waals surface area contributed by atoms with Crippen LogP contribution < -0.4 is 10.6 Å². The zero-order valence-corrected chi connectivity index (χ0v) is 24.3. The molecule has 6 atom stereocenters. The Balaban J connectivity index is 0.000000158. The molecule has 7 rings (SSSR count). The number of carboxylic acid groups (broad SMARTS) is 2. The van der Waals surface area contributed by atoms with Gasteiger partial charge in [0, 0.05) is 34.0 Å². The van der Waals surface area contributed by atoms with Crippen molar-refractivity contribution in [3.05, 3.63) is 34.4 Å². The van der Waals surface area contributed by atoms with Crippen molar-refractivity contribution in [1.29, 1.82) is 0 Å². The standard InChI is InChI=1S/2C10H19NO.C10H10O4/c2*1-9(2)7-4-5-10(3,11-9)6-8(7)12;1-5-3-6(2)8(10(13)14)4-7(5)9(11)12/h2*7-8,11-12H,4-6H2,1-3H3;3-4H,1-2H3,(H,11,12)(H,13,14). The lowest BCUT2D eigenvalue weighted by atomic mass is 9.63. The number of benzene rings is 1. The molecule has 8 heteroatoms. The molecule has 0 spiro atoms. The molecule has 6 N–H and O–H groups in total. The van der Waals surface area contributed by atoms with E-state index in [4.69, 9.17) is 10.2 Å². The second-order valence-electron chi connectivity index (χ2n) is 13.7. The highest BCUT2D eigenvalue weighted by atomic mass is 16.4. The molecule has 4 heterocycles. The fraction of sp³-hybridized carbons (Fsp3) is 0.733. The van der Waals surface area contributed by atoms with Crippen LogP contribution in [0, 0.1) is 25.7 Å². The van der Waals surface area contributed by atoms with Crippen molar-refractivity contribution in [1.82, 2.24) is 10.6 Å². The van der Waals surface area contributed by atoms with Gasteiger partial charge in [0.1, 0.15) is 0 Å². The summed E-state index contributed by atoms with van der Waals surface area (Å²) in [5.74, 6) is -1.30. The Bertz CT molecular complexity index is 984. The van der Waals surface area contributed by atoms with E-state index in [2.05, 4.69) is 52.2 Å². The summed E-state index contributed by atoms with van der Waals surface area (Å²) in [6, 6.07) is 2.75. The predicted molar refractivity (Wildman–Crippen MR) is 148 cm³/mol. The van der Waals surface area contributed by atoms with Crippen LogP contribution in [0.5, 0.6) is 0 Å². The first-order valence-corrected chi connectivity index (χ1v) is 13.8. The summed E-state index contributed by atoms with van der Waals surface area (Å²) in [6.07, 6.45) is 6.49. The van der Waals surface area contributed by atoms with Crippen LogP contribution in [0.3, 0.4) is 0 Å². The summed E-state index contributed by atoms with van der Waals surface area (Å²) in [5, 5.41) is 44.5. The molecule has 2 saturated carbocycles. The normalized spacial score (nSPS) is 35.8. The number of fused-ring (bicyclic) bond motifs is 6. The van der Waals surface area contributed by atoms with Gasteiger partial charge in [-0.25, -0.2) is 9.59 Å². The van der Waals surface area contributed by atoms with Gasteiger partial charge in [-0.3, -0.25) is 0 Å². The summed E-state index contributed by atoms with van der Waals surface area (Å²) < 4.78 is 0. The van der Waals surface area contributed by atoms with E-state index in [9.17, 15) is 19.8 Å². The summed E-state index contributed by atoms with van der Waals surface area (Å²) in [4.78, 5) is 21.4. The van der Waals surface area contributed by atoms with Crippen LogP contribution in [-0.4, -0.2) is 66.7 Å². The first-order chi connectivity index (χ1) is 17.3. The lowest BCUT2D eigenvalue weighted by Crippen LogP contribution is -2.69. The number of nitrogens with one attached hydrogen (secondary N) is 2. The molecular weight excluding hydrogens is 484 g/mol. The highest BCUT2D eigenvalue weighted by Gasteiger charge is 2.52. The topological polar surface area (TPSA) is 139 Å². The largest absolute Gasteiger partial charge is 0.478 e. The molecule has 0 amide bonds. The zero-order chi connectivity index (χ0) is 28.8. The number of aliphatic hydroxyl groups excluding tert-OH is 2. The van der Waals surface area contributed by atoms with Crippen molar-refractivity contribution in [2.75, 3.05) is 0 Å². The number of aliphatic hydroxyl groups is 2. The maximum Gasteiger partial charge on any atom is 0.335 e. The number of hydrogen-bond acceptors (Lipinski definition) is 6. The zero-order valence-electron chi connectivity index (χ0n) is 24.3. The van der Waals surface area contributed by atoms with E-state index in [1.165, 1.54) is 31.7 Å². The molecule has 4 aliphatic heterocycles. The van der Waals surface area contributed by atoms with Crippen LogP contribution in [0.2, 0.25) is 0 Å². The summed E-state index contributed by atoms with van der Waals surface area (Å²) in [7, 11) is 0. The van der Waals surface area contributed by atoms with E-state index in [1.807, 2.05) is 0 Å². The maximum atomic E-state index is 10.7. The fourth-order valence-electron chi connectivity index (χ4n) is 7.71. The molecule has 6 aliphatic rings. The van der Waals surface area contributed by atoms with Crippen molar-refractivity contribution in [2.45, 2.75) is 128 Å². The number of piperidine rings is 4. The average molecular weight is 533 g/mol. The number of carboxylic acids is 2. The molecule has 4 saturated heterocycles. The Kier molecular flexibility index (Phi) is 8.46. The van der Waals surface area contributed by atoms with Crippen molar-refractivity contribution in [2.24, 2.45) is 11.8 Å². The van der Waals surface area contributed by atoms with E-state index in [-0.39, 0.29) is 45.5 Å².